The van der Waals surface area contributed by atoms with Crippen LogP contribution in [0.25, 0.3) is 0 Å². The fourth-order valence-electron chi connectivity index (χ4n) is 3.15. The number of methoxy groups -OCH3 is 2. The first kappa shape index (κ1) is 19.3. The summed E-state index contributed by atoms with van der Waals surface area (Å²) in [6.45, 7) is 0.383. The van der Waals surface area contributed by atoms with Gasteiger partial charge in [0.1, 0.15) is 12.1 Å². The van der Waals surface area contributed by atoms with Gasteiger partial charge in [0.2, 0.25) is 0 Å². The van der Waals surface area contributed by atoms with Gasteiger partial charge in [-0.05, 0) is 12.1 Å². The molecule has 10 nitrogen and oxygen atoms in total. The van der Waals surface area contributed by atoms with Crippen molar-refractivity contribution in [3.63, 3.8) is 0 Å². The van der Waals surface area contributed by atoms with E-state index in [1.807, 2.05) is 6.07 Å². The number of nitrogens with one attached hydrogen (secondary N) is 2. The third-order valence-corrected chi connectivity index (χ3v) is 4.54. The molecule has 28 heavy (non-hydrogen) atoms. The number of nitrogens with zero attached hydrogens (tertiary/aromatic N) is 3. The number of fused-ring (bicyclic) bond motifs is 1. The number of hydrogen-bond acceptors (Lipinski definition) is 7. The Morgan fingerprint density at radius 1 is 1.29 bits per heavy atom. The summed E-state index contributed by atoms with van der Waals surface area (Å²) in [6.07, 6.45) is 3.47. The van der Waals surface area contributed by atoms with Crippen molar-refractivity contribution in [3.8, 4) is 0 Å². The highest BCUT2D eigenvalue weighted by molar-refractivity contribution is 5.87. The van der Waals surface area contributed by atoms with Gasteiger partial charge in [-0.25, -0.2) is 14.6 Å². The van der Waals surface area contributed by atoms with Crippen LogP contribution in [0.4, 0.5) is 4.79 Å². The molecule has 0 bridgehead atoms. The summed E-state index contributed by atoms with van der Waals surface area (Å²) in [5.41, 5.74) is 2.27. The van der Waals surface area contributed by atoms with Crippen molar-refractivity contribution in [2.75, 3.05) is 20.8 Å². The van der Waals surface area contributed by atoms with E-state index in [0.717, 1.165) is 5.69 Å². The SMILES string of the molecule is COC(=O)C[C@@H](NC(=O)N1CCc2[nH]cnc2[C@H]1c1ccccn1)C(=O)OC. The number of rotatable bonds is 5. The lowest BCUT2D eigenvalue weighted by molar-refractivity contribution is -0.149. The van der Waals surface area contributed by atoms with E-state index in [2.05, 4.69) is 25.0 Å². The zero-order chi connectivity index (χ0) is 20.1. The molecule has 0 aromatic carbocycles. The van der Waals surface area contributed by atoms with E-state index < -0.39 is 30.1 Å². The Morgan fingerprint density at radius 2 is 2.11 bits per heavy atom. The van der Waals surface area contributed by atoms with E-state index in [4.69, 9.17) is 4.74 Å². The predicted octanol–water partition coefficient (Wildman–Crippen LogP) is 0.567. The number of amides is 2. The Morgan fingerprint density at radius 3 is 2.79 bits per heavy atom. The third kappa shape index (κ3) is 3.95. The number of carbonyl (C=O) groups is 3. The molecule has 3 rings (SSSR count). The van der Waals surface area contributed by atoms with Crippen molar-refractivity contribution in [3.05, 3.63) is 47.8 Å². The van der Waals surface area contributed by atoms with E-state index in [9.17, 15) is 14.4 Å². The molecule has 1 aliphatic rings. The highest BCUT2D eigenvalue weighted by Gasteiger charge is 2.37. The van der Waals surface area contributed by atoms with Crippen LogP contribution < -0.4 is 5.32 Å². The van der Waals surface area contributed by atoms with Gasteiger partial charge in [0.15, 0.2) is 0 Å². The molecule has 3 heterocycles. The highest BCUT2D eigenvalue weighted by atomic mass is 16.5. The summed E-state index contributed by atoms with van der Waals surface area (Å²) >= 11 is 0. The van der Waals surface area contributed by atoms with Gasteiger partial charge in [0.25, 0.3) is 0 Å². The topological polar surface area (TPSA) is 127 Å². The minimum atomic E-state index is -1.16. The normalized spacial score (nSPS) is 16.6. The van der Waals surface area contributed by atoms with Gasteiger partial charge >= 0.3 is 18.0 Å². The van der Waals surface area contributed by atoms with Crippen molar-refractivity contribution < 1.29 is 23.9 Å². The first-order valence-corrected chi connectivity index (χ1v) is 8.70. The average molecular weight is 387 g/mol. The lowest BCUT2D eigenvalue weighted by Gasteiger charge is -2.35. The highest BCUT2D eigenvalue weighted by Crippen LogP contribution is 2.32. The Bertz CT molecular complexity index is 853. The molecule has 2 N–H and O–H groups in total. The molecule has 2 aromatic heterocycles. The number of esters is 2. The minimum Gasteiger partial charge on any atom is -0.469 e. The maximum absolute atomic E-state index is 13.0. The van der Waals surface area contributed by atoms with Crippen LogP contribution in [0.1, 0.15) is 29.5 Å². The second kappa shape index (κ2) is 8.51. The molecule has 0 saturated heterocycles. The molecule has 0 radical (unpaired) electrons. The molecule has 2 aromatic rings. The zero-order valence-corrected chi connectivity index (χ0v) is 15.5. The van der Waals surface area contributed by atoms with Crippen LogP contribution in [-0.4, -0.2) is 64.6 Å². The Balaban J connectivity index is 1.86. The van der Waals surface area contributed by atoms with Gasteiger partial charge < -0.3 is 24.7 Å². The molecule has 0 fully saturated rings. The average Bonchev–Trinajstić information content (AvgIpc) is 3.21. The zero-order valence-electron chi connectivity index (χ0n) is 15.5. The Hall–Kier alpha value is -3.43. The fraction of sp³-hybridized carbons (Fsp3) is 0.389. The van der Waals surface area contributed by atoms with E-state index in [1.165, 1.54) is 14.2 Å². The maximum Gasteiger partial charge on any atom is 0.329 e. The molecule has 2 amide bonds. The summed E-state index contributed by atoms with van der Waals surface area (Å²) in [4.78, 5) is 49.9. The number of aromatic nitrogens is 3. The van der Waals surface area contributed by atoms with Crippen LogP contribution in [0.5, 0.6) is 0 Å². The number of imidazole rings is 1. The largest absolute Gasteiger partial charge is 0.469 e. The van der Waals surface area contributed by atoms with Crippen LogP contribution in [0.2, 0.25) is 0 Å². The molecule has 0 spiro atoms. The smallest absolute Gasteiger partial charge is 0.329 e. The second-order valence-electron chi connectivity index (χ2n) is 6.17. The molecule has 10 heteroatoms. The van der Waals surface area contributed by atoms with E-state index >= 15 is 0 Å². The van der Waals surface area contributed by atoms with Crippen LogP contribution in [0.3, 0.4) is 0 Å². The van der Waals surface area contributed by atoms with Crippen LogP contribution >= 0.6 is 0 Å². The van der Waals surface area contributed by atoms with Crippen molar-refractivity contribution in [1.82, 2.24) is 25.2 Å². The van der Waals surface area contributed by atoms with Gasteiger partial charge in [-0.2, -0.15) is 0 Å². The van der Waals surface area contributed by atoms with Crippen molar-refractivity contribution in [2.45, 2.75) is 24.9 Å². The predicted molar refractivity (Wildman–Crippen MR) is 96.0 cm³/mol. The molecule has 2 atom stereocenters. The number of aromatic amines is 1. The summed E-state index contributed by atoms with van der Waals surface area (Å²) in [5, 5.41) is 2.57. The Labute approximate surface area is 161 Å². The van der Waals surface area contributed by atoms with Gasteiger partial charge in [0.05, 0.1) is 38.4 Å². The second-order valence-corrected chi connectivity index (χ2v) is 6.17. The molecular weight excluding hydrogens is 366 g/mol. The van der Waals surface area contributed by atoms with Crippen LogP contribution in [0.15, 0.2) is 30.7 Å². The molecule has 148 valence electrons. The molecule has 0 saturated carbocycles. The number of hydrogen-bond donors (Lipinski definition) is 2. The number of ether oxygens (including phenoxy) is 2. The Kier molecular flexibility index (Phi) is 5.87. The van der Waals surface area contributed by atoms with Gasteiger partial charge in [-0.3, -0.25) is 9.78 Å². The van der Waals surface area contributed by atoms with E-state index in [0.29, 0.717) is 24.4 Å². The number of H-pyrrole nitrogens is 1. The lowest BCUT2D eigenvalue weighted by atomic mass is 9.99. The number of pyridine rings is 1. The van der Waals surface area contributed by atoms with Gasteiger partial charge in [0, 0.05) is 24.9 Å². The van der Waals surface area contributed by atoms with Crippen LogP contribution in [-0.2, 0) is 25.5 Å². The molecular formula is C18H21N5O5. The fourth-order valence-corrected chi connectivity index (χ4v) is 3.15. The van der Waals surface area contributed by atoms with Crippen LogP contribution in [0, 0.1) is 0 Å². The summed E-state index contributed by atoms with van der Waals surface area (Å²) in [7, 11) is 2.39. The first-order chi connectivity index (χ1) is 13.5. The lowest BCUT2D eigenvalue weighted by Crippen LogP contribution is -2.52. The van der Waals surface area contributed by atoms with Gasteiger partial charge in [-0.15, -0.1) is 0 Å². The maximum atomic E-state index is 13.0. The number of carbonyl (C=O) groups excluding carboxylic acids is 3. The van der Waals surface area contributed by atoms with Crippen molar-refractivity contribution in [2.24, 2.45) is 0 Å². The summed E-state index contributed by atoms with van der Waals surface area (Å²) < 4.78 is 9.28. The van der Waals surface area contributed by atoms with Crippen molar-refractivity contribution in [1.29, 1.82) is 0 Å². The first-order valence-electron chi connectivity index (χ1n) is 8.70. The molecule has 0 unspecified atom stereocenters. The molecule has 0 aliphatic carbocycles. The summed E-state index contributed by atoms with van der Waals surface area (Å²) in [6, 6.07) is 3.21. The summed E-state index contributed by atoms with van der Waals surface area (Å²) in [5.74, 6) is -1.36. The number of urea groups is 1. The monoisotopic (exact) mass is 387 g/mol. The van der Waals surface area contributed by atoms with Crippen molar-refractivity contribution >= 4 is 18.0 Å². The quantitative estimate of drug-likeness (QED) is 0.718. The van der Waals surface area contributed by atoms with E-state index in [-0.39, 0.29) is 6.42 Å². The third-order valence-electron chi connectivity index (χ3n) is 4.54. The van der Waals surface area contributed by atoms with E-state index in [1.54, 1.807) is 29.6 Å². The molecule has 1 aliphatic heterocycles. The minimum absolute atomic E-state index is 0.329. The standard InChI is InChI=1S/C18H21N5O5/c1-27-14(24)9-13(17(25)28-2)22-18(26)23-8-6-11-15(21-10-20-11)16(23)12-5-3-4-7-19-12/h3-5,7,10,13,16H,6,8-9H2,1-2H3,(H,20,21)(H,22,26)/t13-,16-/m1/s1. The van der Waals surface area contributed by atoms with Gasteiger partial charge in [-0.1, -0.05) is 6.07 Å².